The predicted molar refractivity (Wildman–Crippen MR) is 73.5 cm³/mol. The van der Waals surface area contributed by atoms with Crippen LogP contribution >= 0.6 is 0 Å². The van der Waals surface area contributed by atoms with Crippen molar-refractivity contribution in [3.63, 3.8) is 0 Å². The molecule has 0 aliphatic heterocycles. The summed E-state index contributed by atoms with van der Waals surface area (Å²) in [4.78, 5) is 0. The van der Waals surface area contributed by atoms with Gasteiger partial charge in [-0.1, -0.05) is 13.8 Å². The molecule has 1 atom stereocenters. The largest absolute Gasteiger partial charge is 0.389 e. The zero-order chi connectivity index (χ0) is 14.0. The Morgan fingerprint density at radius 3 is 2.56 bits per heavy atom. The SMILES string of the molecule is CC(C)CCCOCC(O)CNCCS(C)(=O)=O. The minimum atomic E-state index is -2.93. The Balaban J connectivity index is 3.35. The molecule has 0 bridgehead atoms. The van der Waals surface area contributed by atoms with Crippen LogP contribution in [0.15, 0.2) is 0 Å². The lowest BCUT2D eigenvalue weighted by Crippen LogP contribution is -2.33. The third-order valence-electron chi connectivity index (χ3n) is 2.41. The van der Waals surface area contributed by atoms with Crippen molar-refractivity contribution in [2.75, 3.05) is 38.3 Å². The Hall–Kier alpha value is -0.170. The Labute approximate surface area is 111 Å². The number of aliphatic hydroxyl groups excluding tert-OH is 1. The average molecular weight is 281 g/mol. The van der Waals surface area contributed by atoms with Gasteiger partial charge in [0.05, 0.1) is 18.5 Å². The van der Waals surface area contributed by atoms with E-state index in [9.17, 15) is 13.5 Å². The van der Waals surface area contributed by atoms with Crippen molar-refractivity contribution in [1.29, 1.82) is 0 Å². The maximum atomic E-state index is 10.8. The summed E-state index contributed by atoms with van der Waals surface area (Å²) in [5.74, 6) is 0.769. The summed E-state index contributed by atoms with van der Waals surface area (Å²) in [5.41, 5.74) is 0. The van der Waals surface area contributed by atoms with Crippen molar-refractivity contribution in [2.45, 2.75) is 32.8 Å². The van der Waals surface area contributed by atoms with Gasteiger partial charge < -0.3 is 15.2 Å². The van der Waals surface area contributed by atoms with E-state index < -0.39 is 15.9 Å². The second-order valence-corrected chi connectivity index (χ2v) is 7.36. The first-order valence-electron chi connectivity index (χ1n) is 6.45. The van der Waals surface area contributed by atoms with Gasteiger partial charge in [0.15, 0.2) is 0 Å². The Morgan fingerprint density at radius 2 is 2.00 bits per heavy atom. The fraction of sp³-hybridized carbons (Fsp3) is 1.00. The van der Waals surface area contributed by atoms with Gasteiger partial charge in [-0.05, 0) is 18.8 Å². The van der Waals surface area contributed by atoms with Crippen molar-refractivity contribution in [3.8, 4) is 0 Å². The molecule has 5 nitrogen and oxygen atoms in total. The van der Waals surface area contributed by atoms with Gasteiger partial charge in [-0.25, -0.2) is 8.42 Å². The standard InChI is InChI=1S/C12H27NO4S/c1-11(2)5-4-7-17-10-12(14)9-13-6-8-18(3,15)16/h11-14H,4-10H2,1-3H3. The van der Waals surface area contributed by atoms with Crippen LogP contribution in [0, 0.1) is 5.92 Å². The summed E-state index contributed by atoms with van der Waals surface area (Å²) in [6.07, 6.45) is 2.75. The van der Waals surface area contributed by atoms with Crippen molar-refractivity contribution in [3.05, 3.63) is 0 Å². The molecular weight excluding hydrogens is 254 g/mol. The monoisotopic (exact) mass is 281 g/mol. The molecule has 110 valence electrons. The molecule has 0 aliphatic carbocycles. The summed E-state index contributed by atoms with van der Waals surface area (Å²) < 4.78 is 27.0. The van der Waals surface area contributed by atoms with Gasteiger partial charge in [-0.2, -0.15) is 0 Å². The average Bonchev–Trinajstić information content (AvgIpc) is 2.22. The Kier molecular flexibility index (Phi) is 9.63. The van der Waals surface area contributed by atoms with Crippen LogP contribution < -0.4 is 5.32 Å². The molecule has 2 N–H and O–H groups in total. The lowest BCUT2D eigenvalue weighted by molar-refractivity contribution is 0.0351. The van der Waals surface area contributed by atoms with Crippen LogP contribution in [-0.2, 0) is 14.6 Å². The molecule has 0 saturated heterocycles. The first-order valence-corrected chi connectivity index (χ1v) is 8.51. The van der Waals surface area contributed by atoms with Crippen LogP contribution in [-0.4, -0.2) is 57.9 Å². The molecular formula is C12H27NO4S. The van der Waals surface area contributed by atoms with Gasteiger partial charge in [0.25, 0.3) is 0 Å². The van der Waals surface area contributed by atoms with E-state index in [0.717, 1.165) is 12.8 Å². The normalized spacial score (nSPS) is 14.1. The third-order valence-corrected chi connectivity index (χ3v) is 3.36. The van der Waals surface area contributed by atoms with E-state index in [-0.39, 0.29) is 5.75 Å². The molecule has 0 rings (SSSR count). The number of hydrogen-bond acceptors (Lipinski definition) is 5. The highest BCUT2D eigenvalue weighted by atomic mass is 32.2. The summed E-state index contributed by atoms with van der Waals surface area (Å²) in [5, 5.41) is 12.4. The highest BCUT2D eigenvalue weighted by Crippen LogP contribution is 2.03. The van der Waals surface area contributed by atoms with Gasteiger partial charge in [-0.3, -0.25) is 0 Å². The van der Waals surface area contributed by atoms with Gasteiger partial charge in [0, 0.05) is 26.0 Å². The molecule has 18 heavy (non-hydrogen) atoms. The summed E-state index contributed by atoms with van der Waals surface area (Å²) in [6, 6.07) is 0. The molecule has 0 radical (unpaired) electrons. The van der Waals surface area contributed by atoms with Crippen molar-refractivity contribution >= 4 is 9.84 Å². The minimum absolute atomic E-state index is 0.0922. The number of aliphatic hydroxyl groups is 1. The summed E-state index contributed by atoms with van der Waals surface area (Å²) >= 11 is 0. The van der Waals surface area contributed by atoms with Crippen LogP contribution in [0.5, 0.6) is 0 Å². The topological polar surface area (TPSA) is 75.6 Å². The molecule has 0 aromatic rings. The van der Waals surface area contributed by atoms with E-state index in [4.69, 9.17) is 4.74 Å². The maximum absolute atomic E-state index is 10.8. The van der Waals surface area contributed by atoms with E-state index in [2.05, 4.69) is 19.2 Å². The van der Waals surface area contributed by atoms with E-state index in [0.29, 0.717) is 32.2 Å². The quantitative estimate of drug-likeness (QED) is 0.537. The van der Waals surface area contributed by atoms with Crippen molar-refractivity contribution in [1.82, 2.24) is 5.32 Å². The molecule has 0 heterocycles. The molecule has 0 aromatic carbocycles. The Morgan fingerprint density at radius 1 is 1.33 bits per heavy atom. The molecule has 0 amide bonds. The highest BCUT2D eigenvalue weighted by Gasteiger charge is 2.05. The van der Waals surface area contributed by atoms with Gasteiger partial charge in [0.2, 0.25) is 0 Å². The molecule has 0 aromatic heterocycles. The number of hydrogen-bond donors (Lipinski definition) is 2. The molecule has 6 heteroatoms. The fourth-order valence-corrected chi connectivity index (χ4v) is 1.91. The van der Waals surface area contributed by atoms with Crippen LogP contribution in [0.4, 0.5) is 0 Å². The summed E-state index contributed by atoms with van der Waals surface area (Å²) in [7, 11) is -2.93. The zero-order valence-corrected chi connectivity index (χ0v) is 12.5. The maximum Gasteiger partial charge on any atom is 0.148 e. The number of sulfone groups is 1. The van der Waals surface area contributed by atoms with Crippen LogP contribution in [0.2, 0.25) is 0 Å². The van der Waals surface area contributed by atoms with Crippen LogP contribution in [0.1, 0.15) is 26.7 Å². The third kappa shape index (κ3) is 13.9. The highest BCUT2D eigenvalue weighted by molar-refractivity contribution is 7.90. The molecule has 0 saturated carbocycles. The van der Waals surface area contributed by atoms with Crippen molar-refractivity contribution in [2.24, 2.45) is 5.92 Å². The fourth-order valence-electron chi connectivity index (χ4n) is 1.40. The van der Waals surface area contributed by atoms with E-state index in [1.165, 1.54) is 6.26 Å². The first-order chi connectivity index (χ1) is 8.31. The second kappa shape index (κ2) is 9.72. The number of nitrogens with one attached hydrogen (secondary N) is 1. The van der Waals surface area contributed by atoms with E-state index in [1.54, 1.807) is 0 Å². The lowest BCUT2D eigenvalue weighted by atomic mass is 10.1. The van der Waals surface area contributed by atoms with E-state index in [1.807, 2.05) is 0 Å². The van der Waals surface area contributed by atoms with E-state index >= 15 is 0 Å². The smallest absolute Gasteiger partial charge is 0.148 e. The molecule has 0 aliphatic rings. The number of ether oxygens (including phenoxy) is 1. The molecule has 0 fully saturated rings. The minimum Gasteiger partial charge on any atom is -0.389 e. The first kappa shape index (κ1) is 17.8. The van der Waals surface area contributed by atoms with Gasteiger partial charge in [-0.15, -0.1) is 0 Å². The Bertz CT molecular complexity index is 290. The lowest BCUT2D eigenvalue weighted by Gasteiger charge is -2.12. The van der Waals surface area contributed by atoms with Crippen molar-refractivity contribution < 1.29 is 18.3 Å². The van der Waals surface area contributed by atoms with Gasteiger partial charge in [0.1, 0.15) is 9.84 Å². The van der Waals surface area contributed by atoms with Crippen LogP contribution in [0.3, 0.4) is 0 Å². The summed E-state index contributed by atoms with van der Waals surface area (Å²) in [6.45, 7) is 6.02. The second-order valence-electron chi connectivity index (χ2n) is 5.10. The van der Waals surface area contributed by atoms with Crippen LogP contribution in [0.25, 0.3) is 0 Å². The molecule has 0 spiro atoms. The zero-order valence-electron chi connectivity index (χ0n) is 11.7. The number of rotatable bonds is 11. The van der Waals surface area contributed by atoms with Gasteiger partial charge >= 0.3 is 0 Å². The molecule has 1 unspecified atom stereocenters. The predicted octanol–water partition coefficient (Wildman–Crippen LogP) is 0.434.